The topological polar surface area (TPSA) is 240 Å². The summed E-state index contributed by atoms with van der Waals surface area (Å²) in [5.74, 6) is -2.93. The van der Waals surface area contributed by atoms with Crippen molar-refractivity contribution in [3.05, 3.63) is 33.1 Å². The number of aliphatic hydroxyl groups excluding tert-OH is 2. The first-order valence-electron chi connectivity index (χ1n) is 6.37. The van der Waals surface area contributed by atoms with Crippen molar-refractivity contribution in [3.63, 3.8) is 0 Å². The third-order valence-electron chi connectivity index (χ3n) is 3.62. The van der Waals surface area contributed by atoms with Gasteiger partial charge in [-0.05, 0) is 0 Å². The van der Waals surface area contributed by atoms with Crippen LogP contribution in [0, 0.1) is 0 Å². The number of aliphatic hydroxyl groups is 3. The van der Waals surface area contributed by atoms with Crippen molar-refractivity contribution in [1.29, 1.82) is 0 Å². The van der Waals surface area contributed by atoms with Gasteiger partial charge in [0.1, 0.15) is 12.2 Å². The lowest BCUT2D eigenvalue weighted by molar-refractivity contribution is -0.0793. The summed E-state index contributed by atoms with van der Waals surface area (Å²) in [6.45, 7) is 0. The van der Waals surface area contributed by atoms with E-state index in [9.17, 15) is 43.8 Å². The fraction of sp³-hybridized carbons (Fsp3) is 0.556. The highest BCUT2D eigenvalue weighted by atomic mass is 31.2. The highest BCUT2D eigenvalue weighted by Crippen LogP contribution is 2.62. The van der Waals surface area contributed by atoms with Crippen molar-refractivity contribution >= 4 is 15.2 Å². The predicted octanol–water partition coefficient (Wildman–Crippen LogP) is -3.84. The number of nitrogens with zero attached hydrogens (tertiary/aromatic N) is 1. The Morgan fingerprint density at radius 1 is 1.24 bits per heavy atom. The summed E-state index contributed by atoms with van der Waals surface area (Å²) in [6, 6.07) is 0.779. The molecule has 0 saturated carbocycles. The molecular formula is C9H14N2O12P2. The van der Waals surface area contributed by atoms with Crippen LogP contribution in [0.1, 0.15) is 6.23 Å². The molecule has 0 aromatic carbocycles. The van der Waals surface area contributed by atoms with Gasteiger partial charge in [-0.15, -0.1) is 0 Å². The first-order valence-corrected chi connectivity index (χ1v) is 9.67. The summed E-state index contributed by atoms with van der Waals surface area (Å²) in [4.78, 5) is 61.2. The molecule has 1 fully saturated rings. The lowest BCUT2D eigenvalue weighted by atomic mass is 10.1. The van der Waals surface area contributed by atoms with Crippen LogP contribution in [0.5, 0.6) is 0 Å². The highest BCUT2D eigenvalue weighted by Gasteiger charge is 2.69. The van der Waals surface area contributed by atoms with E-state index in [0.717, 1.165) is 12.3 Å². The van der Waals surface area contributed by atoms with Crippen molar-refractivity contribution in [2.24, 2.45) is 0 Å². The van der Waals surface area contributed by atoms with Gasteiger partial charge in [-0.1, -0.05) is 0 Å². The van der Waals surface area contributed by atoms with Crippen LogP contribution < -0.4 is 11.2 Å². The molecule has 0 bridgehead atoms. The first kappa shape index (κ1) is 20.1. The number of ether oxygens (including phenoxy) is 1. The third-order valence-corrected chi connectivity index (χ3v) is 6.03. The highest BCUT2D eigenvalue weighted by molar-refractivity contribution is 7.54. The molecule has 14 nitrogen and oxygen atoms in total. The van der Waals surface area contributed by atoms with Gasteiger partial charge in [0.25, 0.3) is 5.56 Å². The van der Waals surface area contributed by atoms with Crippen LogP contribution in [-0.2, 0) is 13.9 Å². The van der Waals surface area contributed by atoms with Crippen LogP contribution in [-0.4, -0.2) is 67.8 Å². The second kappa shape index (κ2) is 6.21. The Hall–Kier alpha value is -1.18. The summed E-state index contributed by atoms with van der Waals surface area (Å²) in [6.07, 6.45) is -6.58. The molecule has 0 amide bonds. The second-order valence-corrected chi connectivity index (χ2v) is 8.75. The Balaban J connectivity index is 2.62. The monoisotopic (exact) mass is 404 g/mol. The minimum atomic E-state index is -5.75. The van der Waals surface area contributed by atoms with Gasteiger partial charge < -0.3 is 39.6 Å². The van der Waals surface area contributed by atoms with E-state index < -0.39 is 56.1 Å². The normalized spacial score (nSPS) is 31.9. The summed E-state index contributed by atoms with van der Waals surface area (Å²) in [5.41, 5.74) is -2.07. The first-order chi connectivity index (χ1) is 11.2. The Morgan fingerprint density at radius 3 is 2.24 bits per heavy atom. The average Bonchev–Trinajstić information content (AvgIpc) is 2.71. The van der Waals surface area contributed by atoms with Crippen LogP contribution in [0.2, 0.25) is 0 Å². The molecule has 5 atom stereocenters. The van der Waals surface area contributed by atoms with Crippen LogP contribution in [0.25, 0.3) is 0 Å². The summed E-state index contributed by atoms with van der Waals surface area (Å²) in [5, 5.41) is 26.3. The number of rotatable bonds is 4. The summed E-state index contributed by atoms with van der Waals surface area (Å²) < 4.78 is 28.0. The molecule has 16 heteroatoms. The number of H-pyrrole nitrogens is 1. The van der Waals surface area contributed by atoms with E-state index in [1.165, 1.54) is 0 Å². The maximum Gasteiger partial charge on any atom is 0.362 e. The Kier molecular flexibility index (Phi) is 5.00. The molecule has 2 heterocycles. The fourth-order valence-corrected chi connectivity index (χ4v) is 4.13. The number of aromatic nitrogens is 2. The van der Waals surface area contributed by atoms with Crippen molar-refractivity contribution in [3.8, 4) is 0 Å². The smallest absolute Gasteiger partial charge is 0.362 e. The van der Waals surface area contributed by atoms with Gasteiger partial charge in [0, 0.05) is 12.3 Å². The van der Waals surface area contributed by atoms with Crippen LogP contribution in [0.15, 0.2) is 21.9 Å². The number of nitrogens with one attached hydrogen (secondary N) is 1. The minimum Gasteiger partial charge on any atom is -0.385 e. The average molecular weight is 404 g/mol. The minimum absolute atomic E-state index is 0.416. The van der Waals surface area contributed by atoms with Gasteiger partial charge >= 0.3 is 20.9 Å². The molecule has 1 aromatic heterocycles. The maximum absolute atomic E-state index is 11.7. The van der Waals surface area contributed by atoms with Gasteiger partial charge in [-0.3, -0.25) is 23.5 Å². The number of aromatic amines is 1. The Morgan fingerprint density at radius 2 is 1.80 bits per heavy atom. The SMILES string of the molecule is O=c1ccn([C@@H]2O[C@H](C(O)P(=O)(O)O)[C@](O)(P(=O)(O)O)[C@H]2O)c(=O)[nH]1. The fourth-order valence-electron chi connectivity index (χ4n) is 2.35. The van der Waals surface area contributed by atoms with Gasteiger partial charge in [-0.25, -0.2) is 4.79 Å². The molecule has 0 radical (unpaired) electrons. The Labute approximate surface area is 137 Å². The predicted molar refractivity (Wildman–Crippen MR) is 76.3 cm³/mol. The largest absolute Gasteiger partial charge is 0.385 e. The molecule has 2 rings (SSSR count). The van der Waals surface area contributed by atoms with E-state index in [4.69, 9.17) is 14.5 Å². The molecule has 1 unspecified atom stereocenters. The zero-order chi connectivity index (χ0) is 19.4. The Bertz CT molecular complexity index is 868. The van der Waals surface area contributed by atoms with Crippen molar-refractivity contribution < 1.29 is 48.8 Å². The van der Waals surface area contributed by atoms with Crippen LogP contribution in [0.3, 0.4) is 0 Å². The second-order valence-electron chi connectivity index (χ2n) is 5.24. The molecule has 142 valence electrons. The van der Waals surface area contributed by atoms with E-state index in [-0.39, 0.29) is 0 Å². The van der Waals surface area contributed by atoms with Crippen molar-refractivity contribution in [2.75, 3.05) is 0 Å². The molecule has 0 aliphatic carbocycles. The molecule has 1 saturated heterocycles. The lowest BCUT2D eigenvalue weighted by Gasteiger charge is -2.33. The van der Waals surface area contributed by atoms with Crippen molar-refractivity contribution in [1.82, 2.24) is 9.55 Å². The van der Waals surface area contributed by atoms with Gasteiger partial charge in [-0.2, -0.15) is 0 Å². The number of hydrogen-bond donors (Lipinski definition) is 8. The summed E-state index contributed by atoms with van der Waals surface area (Å²) >= 11 is 0. The molecule has 1 aliphatic rings. The molecule has 0 spiro atoms. The zero-order valence-corrected chi connectivity index (χ0v) is 13.8. The third kappa shape index (κ3) is 3.29. The lowest BCUT2D eigenvalue weighted by Crippen LogP contribution is -2.51. The van der Waals surface area contributed by atoms with Crippen LogP contribution in [0.4, 0.5) is 0 Å². The van der Waals surface area contributed by atoms with E-state index >= 15 is 0 Å². The molecular weight excluding hydrogens is 390 g/mol. The standard InChI is InChI=1S/C9H14N2O12P2/c12-3-1-2-11(8(15)10-3)6-4(13)9(16,25(20,21)22)5(23-6)7(14)24(17,18)19/h1-2,4-7,13-14,16H,(H,10,12,15)(H2,17,18,19)(H2,20,21,22)/t4-,5+,6+,7?,9+/m0/s1. The molecule has 25 heavy (non-hydrogen) atoms. The number of hydrogen-bond acceptors (Lipinski definition) is 8. The van der Waals surface area contributed by atoms with Crippen LogP contribution >= 0.6 is 15.2 Å². The van der Waals surface area contributed by atoms with E-state index in [1.807, 2.05) is 0 Å². The van der Waals surface area contributed by atoms with E-state index in [1.54, 1.807) is 4.98 Å². The molecule has 1 aromatic rings. The van der Waals surface area contributed by atoms with Gasteiger partial charge in [0.05, 0.1) is 0 Å². The summed E-state index contributed by atoms with van der Waals surface area (Å²) in [7, 11) is -11.2. The zero-order valence-electron chi connectivity index (χ0n) is 12.0. The quantitative estimate of drug-likeness (QED) is 0.225. The van der Waals surface area contributed by atoms with Gasteiger partial charge in [0.15, 0.2) is 12.1 Å². The molecule has 1 aliphatic heterocycles. The molecule has 8 N–H and O–H groups in total. The van der Waals surface area contributed by atoms with E-state index in [2.05, 4.69) is 0 Å². The van der Waals surface area contributed by atoms with Gasteiger partial charge in [0.2, 0.25) is 5.34 Å². The maximum atomic E-state index is 11.7. The van der Waals surface area contributed by atoms with Crippen molar-refractivity contribution in [2.45, 2.75) is 29.6 Å². The van der Waals surface area contributed by atoms with E-state index in [0.29, 0.717) is 4.57 Å².